The molecule has 0 radical (unpaired) electrons. The largest absolute Gasteiger partial charge is 0.453 e. The van der Waals surface area contributed by atoms with Crippen molar-refractivity contribution in [3.05, 3.63) is 47.8 Å². The van der Waals surface area contributed by atoms with Crippen LogP contribution in [0.15, 0.2) is 36.4 Å². The smallest absolute Gasteiger partial charge is 0.369 e. The number of nitrogens with one attached hydrogen (secondary N) is 2. The molecule has 2 N–H and O–H groups in total. The number of anilines is 2. The lowest BCUT2D eigenvalue weighted by Crippen LogP contribution is -2.17. The summed E-state index contributed by atoms with van der Waals surface area (Å²) in [5, 5.41) is 16.2. The highest BCUT2D eigenvalue weighted by Crippen LogP contribution is 2.34. The third-order valence-electron chi connectivity index (χ3n) is 4.17. The molecule has 1 aliphatic heterocycles. The van der Waals surface area contributed by atoms with Crippen LogP contribution in [0.5, 0.6) is 0 Å². The maximum atomic E-state index is 12.9. The summed E-state index contributed by atoms with van der Waals surface area (Å²) >= 11 is 0. The van der Waals surface area contributed by atoms with E-state index < -0.39 is 12.0 Å². The van der Waals surface area contributed by atoms with Gasteiger partial charge >= 0.3 is 6.18 Å². The van der Waals surface area contributed by atoms with Gasteiger partial charge in [-0.2, -0.15) is 17.7 Å². The quantitative estimate of drug-likeness (QED) is 0.746. The Bertz CT molecular complexity index is 984. The monoisotopic (exact) mass is 362 g/mol. The van der Waals surface area contributed by atoms with E-state index in [0.717, 1.165) is 11.3 Å². The first-order valence-corrected chi connectivity index (χ1v) is 7.87. The molecule has 26 heavy (non-hydrogen) atoms. The van der Waals surface area contributed by atoms with Gasteiger partial charge in [-0.05, 0) is 30.2 Å². The fourth-order valence-electron chi connectivity index (χ4n) is 2.97. The topological polar surface area (TPSA) is 84.2 Å². The van der Waals surface area contributed by atoms with Gasteiger partial charge in [-0.25, -0.2) is 0 Å². The molecule has 7 nitrogen and oxygen atoms in total. The van der Waals surface area contributed by atoms with E-state index in [-0.39, 0.29) is 23.3 Å². The number of rotatable bonds is 4. The van der Waals surface area contributed by atoms with Gasteiger partial charge in [0.05, 0.1) is 5.92 Å². The van der Waals surface area contributed by atoms with Crippen LogP contribution in [-0.2, 0) is 11.0 Å². The molecule has 3 aromatic rings. The predicted molar refractivity (Wildman–Crippen MR) is 86.7 cm³/mol. The molecule has 10 heteroatoms. The van der Waals surface area contributed by atoms with Crippen LogP contribution in [0, 0.1) is 0 Å². The average Bonchev–Trinajstić information content (AvgIpc) is 3.15. The normalized spacial score (nSPS) is 16.6. The number of amides is 1. The van der Waals surface area contributed by atoms with E-state index in [1.165, 1.54) is 12.1 Å². The van der Waals surface area contributed by atoms with Gasteiger partial charge < -0.3 is 10.6 Å². The Morgan fingerprint density at radius 1 is 1.15 bits per heavy atom. The number of carbonyl (C=O) groups is 1. The predicted octanol–water partition coefficient (Wildman–Crippen LogP) is 2.68. The van der Waals surface area contributed by atoms with Crippen molar-refractivity contribution < 1.29 is 18.0 Å². The number of aromatic nitrogens is 4. The van der Waals surface area contributed by atoms with E-state index in [4.69, 9.17) is 0 Å². The number of hydrogen-bond acceptors (Lipinski definition) is 5. The van der Waals surface area contributed by atoms with Crippen molar-refractivity contribution >= 4 is 23.1 Å². The zero-order valence-electron chi connectivity index (χ0n) is 13.3. The van der Waals surface area contributed by atoms with Crippen LogP contribution in [0.3, 0.4) is 0 Å². The number of nitrogens with zero attached hydrogens (tertiary/aromatic N) is 4. The number of halogens is 3. The zero-order chi connectivity index (χ0) is 18.3. The number of benzene rings is 1. The van der Waals surface area contributed by atoms with Crippen LogP contribution < -0.4 is 10.6 Å². The summed E-state index contributed by atoms with van der Waals surface area (Å²) in [4.78, 5) is 12.1. The van der Waals surface area contributed by atoms with Crippen LogP contribution in [-0.4, -0.2) is 32.3 Å². The zero-order valence-corrected chi connectivity index (χ0v) is 13.3. The van der Waals surface area contributed by atoms with Gasteiger partial charge in [0.1, 0.15) is 5.82 Å². The molecule has 1 unspecified atom stereocenters. The minimum Gasteiger partial charge on any atom is -0.369 e. The van der Waals surface area contributed by atoms with Crippen LogP contribution in [0.1, 0.15) is 23.7 Å². The van der Waals surface area contributed by atoms with E-state index in [2.05, 4.69) is 25.9 Å². The van der Waals surface area contributed by atoms with Crippen molar-refractivity contribution in [2.45, 2.75) is 18.5 Å². The van der Waals surface area contributed by atoms with Gasteiger partial charge in [0.25, 0.3) is 5.82 Å². The molecular weight excluding hydrogens is 349 g/mol. The van der Waals surface area contributed by atoms with Gasteiger partial charge in [-0.15, -0.1) is 15.3 Å². The second kappa shape index (κ2) is 5.97. The lowest BCUT2D eigenvalue weighted by Gasteiger charge is -2.10. The maximum absolute atomic E-state index is 12.9. The summed E-state index contributed by atoms with van der Waals surface area (Å²) in [6.45, 7) is 0.369. The van der Waals surface area contributed by atoms with Gasteiger partial charge in [0.2, 0.25) is 5.91 Å². The van der Waals surface area contributed by atoms with Crippen molar-refractivity contribution in [2.24, 2.45) is 0 Å². The summed E-state index contributed by atoms with van der Waals surface area (Å²) in [6, 6.07) is 10.3. The Labute approximate surface area is 145 Å². The summed E-state index contributed by atoms with van der Waals surface area (Å²) in [7, 11) is 0. The lowest BCUT2D eigenvalue weighted by molar-refractivity contribution is -0.146. The van der Waals surface area contributed by atoms with E-state index in [0.29, 0.717) is 17.5 Å². The van der Waals surface area contributed by atoms with Crippen molar-refractivity contribution in [3.8, 4) is 0 Å². The van der Waals surface area contributed by atoms with Crippen molar-refractivity contribution in [1.82, 2.24) is 19.8 Å². The van der Waals surface area contributed by atoms with Crippen LogP contribution in [0.25, 0.3) is 5.65 Å². The van der Waals surface area contributed by atoms with Crippen LogP contribution >= 0.6 is 0 Å². The fraction of sp³-hybridized carbons (Fsp3) is 0.250. The molecule has 4 rings (SSSR count). The lowest BCUT2D eigenvalue weighted by atomic mass is 9.97. The summed E-state index contributed by atoms with van der Waals surface area (Å²) < 4.78 is 39.3. The number of fused-ring (bicyclic) bond motifs is 2. The SMILES string of the molecule is O=C1Nc2ccccc2C1CCNc1ccc2nnc(C(F)(F)F)n2n1. The molecule has 3 heterocycles. The summed E-state index contributed by atoms with van der Waals surface area (Å²) in [5.41, 5.74) is 1.72. The second-order valence-corrected chi connectivity index (χ2v) is 5.85. The Morgan fingerprint density at radius 2 is 1.96 bits per heavy atom. The van der Waals surface area contributed by atoms with Gasteiger partial charge in [0, 0.05) is 12.2 Å². The standard InChI is InChI=1S/C16H13F3N6O/c17-16(18,19)15-23-22-13-6-5-12(24-25(13)15)20-8-7-10-9-3-1-2-4-11(9)21-14(10)26/h1-6,10H,7-8H2,(H,20,24)(H,21,26). The highest BCUT2D eigenvalue weighted by molar-refractivity contribution is 6.02. The molecule has 1 amide bonds. The average molecular weight is 362 g/mol. The Morgan fingerprint density at radius 3 is 2.77 bits per heavy atom. The molecule has 1 aromatic carbocycles. The minimum absolute atomic E-state index is 0.00646. The molecule has 2 aromatic heterocycles. The number of carbonyl (C=O) groups excluding carboxylic acids is 1. The summed E-state index contributed by atoms with van der Waals surface area (Å²) in [5.74, 6) is -1.33. The third kappa shape index (κ3) is 2.83. The first kappa shape index (κ1) is 16.3. The molecule has 0 fully saturated rings. The van der Waals surface area contributed by atoms with Crippen LogP contribution in [0.2, 0.25) is 0 Å². The van der Waals surface area contributed by atoms with Gasteiger partial charge in [-0.3, -0.25) is 4.79 Å². The molecule has 1 aliphatic rings. The molecule has 0 bridgehead atoms. The Kier molecular flexibility index (Phi) is 3.74. The van der Waals surface area contributed by atoms with E-state index in [1.807, 2.05) is 24.3 Å². The van der Waals surface area contributed by atoms with E-state index in [1.54, 1.807) is 0 Å². The van der Waals surface area contributed by atoms with E-state index >= 15 is 0 Å². The van der Waals surface area contributed by atoms with Crippen molar-refractivity contribution in [1.29, 1.82) is 0 Å². The van der Waals surface area contributed by atoms with Crippen LogP contribution in [0.4, 0.5) is 24.7 Å². The first-order chi connectivity index (χ1) is 12.4. The van der Waals surface area contributed by atoms with Crippen molar-refractivity contribution in [3.63, 3.8) is 0 Å². The molecule has 1 atom stereocenters. The van der Waals surface area contributed by atoms with Gasteiger partial charge in [0.15, 0.2) is 5.65 Å². The first-order valence-electron chi connectivity index (χ1n) is 7.87. The van der Waals surface area contributed by atoms with Gasteiger partial charge in [-0.1, -0.05) is 18.2 Å². The molecule has 134 valence electrons. The Balaban J connectivity index is 1.48. The highest BCUT2D eigenvalue weighted by atomic mass is 19.4. The molecule has 0 aliphatic carbocycles. The molecular formula is C16H13F3N6O. The summed E-state index contributed by atoms with van der Waals surface area (Å²) in [6.07, 6.45) is -4.16. The molecule has 0 spiro atoms. The number of para-hydroxylation sites is 1. The molecule has 0 saturated heterocycles. The maximum Gasteiger partial charge on any atom is 0.453 e. The minimum atomic E-state index is -4.64. The highest BCUT2D eigenvalue weighted by Gasteiger charge is 2.37. The van der Waals surface area contributed by atoms with Crippen molar-refractivity contribution in [2.75, 3.05) is 17.2 Å². The third-order valence-corrected chi connectivity index (χ3v) is 4.17. The number of alkyl halides is 3. The molecule has 0 saturated carbocycles. The Hall–Kier alpha value is -3.17. The van der Waals surface area contributed by atoms with E-state index in [9.17, 15) is 18.0 Å². The number of hydrogen-bond donors (Lipinski definition) is 2. The second-order valence-electron chi connectivity index (χ2n) is 5.85. The fourth-order valence-corrected chi connectivity index (χ4v) is 2.97.